The Morgan fingerprint density at radius 2 is 1.10 bits per heavy atom. The zero-order chi connectivity index (χ0) is 15.6. The van der Waals surface area contributed by atoms with Gasteiger partial charge in [0, 0.05) is 6.42 Å². The van der Waals surface area contributed by atoms with Crippen LogP contribution in [0.15, 0.2) is 0 Å². The maximum absolute atomic E-state index is 10.3. The predicted octanol–water partition coefficient (Wildman–Crippen LogP) is 4.71. The monoisotopic (exact) mass is 300 g/mol. The number of hydrogen-bond donors (Lipinski definition) is 1. The molecule has 0 unspecified atom stereocenters. The lowest BCUT2D eigenvalue weighted by Crippen LogP contribution is -1.93. The van der Waals surface area contributed by atoms with E-state index in [1.165, 1.54) is 57.8 Å². The SMILES string of the molecule is O=COCCCCCCCCCCCCCCCC(=O)O. The number of unbranched alkanes of at least 4 members (excludes halogenated alkanes) is 12. The highest BCUT2D eigenvalue weighted by molar-refractivity contribution is 5.66. The zero-order valence-electron chi connectivity index (χ0n) is 13.4. The molecule has 0 saturated carbocycles. The van der Waals surface area contributed by atoms with E-state index in [2.05, 4.69) is 4.74 Å². The third kappa shape index (κ3) is 18.9. The minimum absolute atomic E-state index is 0.321. The average molecular weight is 300 g/mol. The fourth-order valence-corrected chi connectivity index (χ4v) is 2.45. The van der Waals surface area contributed by atoms with E-state index in [-0.39, 0.29) is 0 Å². The number of ether oxygens (including phenoxy) is 1. The molecule has 0 fully saturated rings. The maximum atomic E-state index is 10.3. The molecule has 0 aromatic carbocycles. The van der Waals surface area contributed by atoms with Crippen molar-refractivity contribution in [3.05, 3.63) is 0 Å². The molecule has 0 spiro atoms. The topological polar surface area (TPSA) is 63.6 Å². The molecule has 0 bridgehead atoms. The normalized spacial score (nSPS) is 10.5. The Hall–Kier alpha value is -1.06. The summed E-state index contributed by atoms with van der Waals surface area (Å²) in [7, 11) is 0. The highest BCUT2D eigenvalue weighted by atomic mass is 16.5. The molecule has 0 aliphatic heterocycles. The van der Waals surface area contributed by atoms with E-state index < -0.39 is 5.97 Å². The molecule has 0 atom stereocenters. The van der Waals surface area contributed by atoms with E-state index >= 15 is 0 Å². The molecule has 4 nitrogen and oxygen atoms in total. The van der Waals surface area contributed by atoms with Crippen LogP contribution in [0.5, 0.6) is 0 Å². The lowest BCUT2D eigenvalue weighted by Gasteiger charge is -2.03. The number of rotatable bonds is 17. The molecule has 0 saturated heterocycles. The van der Waals surface area contributed by atoms with E-state index in [1.54, 1.807) is 0 Å². The highest BCUT2D eigenvalue weighted by Gasteiger charge is 1.97. The van der Waals surface area contributed by atoms with Crippen molar-refractivity contribution in [2.75, 3.05) is 6.61 Å². The maximum Gasteiger partial charge on any atom is 0.303 e. The van der Waals surface area contributed by atoms with Gasteiger partial charge in [0.15, 0.2) is 0 Å². The Morgan fingerprint density at radius 3 is 1.48 bits per heavy atom. The van der Waals surface area contributed by atoms with Gasteiger partial charge in [0.1, 0.15) is 0 Å². The van der Waals surface area contributed by atoms with Gasteiger partial charge in [0.25, 0.3) is 6.47 Å². The zero-order valence-corrected chi connectivity index (χ0v) is 13.4. The fraction of sp³-hybridized carbons (Fsp3) is 0.882. The van der Waals surface area contributed by atoms with E-state index in [0.29, 0.717) is 19.5 Å². The van der Waals surface area contributed by atoms with E-state index in [0.717, 1.165) is 25.7 Å². The Balaban J connectivity index is 2.96. The number of carbonyl (C=O) groups is 2. The van der Waals surface area contributed by atoms with Crippen molar-refractivity contribution in [2.45, 2.75) is 89.9 Å². The molecule has 21 heavy (non-hydrogen) atoms. The first-order chi connectivity index (χ1) is 10.3. The van der Waals surface area contributed by atoms with Gasteiger partial charge in [0.2, 0.25) is 0 Å². The number of aliphatic carboxylic acids is 1. The summed E-state index contributed by atoms with van der Waals surface area (Å²) in [5.74, 6) is -0.675. The van der Waals surface area contributed by atoms with Crippen molar-refractivity contribution in [2.24, 2.45) is 0 Å². The van der Waals surface area contributed by atoms with E-state index in [9.17, 15) is 9.59 Å². The molecule has 0 aliphatic rings. The average Bonchev–Trinajstić information content (AvgIpc) is 2.46. The quantitative estimate of drug-likeness (QED) is 0.312. The molecular weight excluding hydrogens is 268 g/mol. The van der Waals surface area contributed by atoms with Crippen LogP contribution in [0.4, 0.5) is 0 Å². The van der Waals surface area contributed by atoms with Crippen molar-refractivity contribution in [3.8, 4) is 0 Å². The van der Waals surface area contributed by atoms with Gasteiger partial charge >= 0.3 is 5.97 Å². The summed E-state index contributed by atoms with van der Waals surface area (Å²) in [6.07, 6.45) is 15.9. The summed E-state index contributed by atoms with van der Waals surface area (Å²) < 4.78 is 4.64. The van der Waals surface area contributed by atoms with E-state index in [1.807, 2.05) is 0 Å². The predicted molar refractivity (Wildman–Crippen MR) is 84.3 cm³/mol. The van der Waals surface area contributed by atoms with Gasteiger partial charge in [-0.15, -0.1) is 0 Å². The Labute approximate surface area is 129 Å². The van der Waals surface area contributed by atoms with Crippen molar-refractivity contribution in [3.63, 3.8) is 0 Å². The van der Waals surface area contributed by atoms with Crippen molar-refractivity contribution in [1.82, 2.24) is 0 Å². The second kappa shape index (κ2) is 17.0. The molecular formula is C17H32O4. The van der Waals surface area contributed by atoms with Crippen molar-refractivity contribution < 1.29 is 19.4 Å². The summed E-state index contributed by atoms with van der Waals surface area (Å²) in [5.41, 5.74) is 0. The molecule has 0 amide bonds. The van der Waals surface area contributed by atoms with E-state index in [4.69, 9.17) is 5.11 Å². The first kappa shape index (κ1) is 19.9. The third-order valence-corrected chi connectivity index (χ3v) is 3.72. The first-order valence-electron chi connectivity index (χ1n) is 8.54. The van der Waals surface area contributed by atoms with Crippen LogP contribution < -0.4 is 0 Å². The lowest BCUT2D eigenvalue weighted by atomic mass is 10.0. The van der Waals surface area contributed by atoms with Gasteiger partial charge < -0.3 is 9.84 Å². The molecule has 0 aromatic heterocycles. The largest absolute Gasteiger partial charge is 0.481 e. The Bertz CT molecular complexity index is 241. The molecule has 0 aromatic rings. The van der Waals surface area contributed by atoms with Gasteiger partial charge in [-0.2, -0.15) is 0 Å². The highest BCUT2D eigenvalue weighted by Crippen LogP contribution is 2.12. The Kier molecular flexibility index (Phi) is 16.1. The number of carbonyl (C=O) groups excluding carboxylic acids is 1. The second-order valence-electron chi connectivity index (χ2n) is 5.71. The van der Waals surface area contributed by atoms with Gasteiger partial charge in [-0.3, -0.25) is 9.59 Å². The molecule has 1 N–H and O–H groups in total. The Morgan fingerprint density at radius 1 is 0.714 bits per heavy atom. The summed E-state index contributed by atoms with van der Waals surface area (Å²) in [5, 5.41) is 8.51. The number of hydrogen-bond acceptors (Lipinski definition) is 3. The molecule has 4 heteroatoms. The number of carboxylic acid groups (broad SMARTS) is 1. The van der Waals surface area contributed by atoms with Crippen LogP contribution in [0.2, 0.25) is 0 Å². The summed E-state index contributed by atoms with van der Waals surface area (Å²) >= 11 is 0. The molecule has 0 aliphatic carbocycles. The minimum Gasteiger partial charge on any atom is -0.481 e. The van der Waals surface area contributed by atoms with Crippen molar-refractivity contribution >= 4 is 12.4 Å². The van der Waals surface area contributed by atoms with Crippen LogP contribution in [0, 0.1) is 0 Å². The smallest absolute Gasteiger partial charge is 0.303 e. The van der Waals surface area contributed by atoms with Crippen molar-refractivity contribution in [1.29, 1.82) is 0 Å². The summed E-state index contributed by atoms with van der Waals surface area (Å²) in [4.78, 5) is 20.2. The molecule has 0 radical (unpaired) electrons. The van der Waals surface area contributed by atoms with Gasteiger partial charge in [0.05, 0.1) is 6.61 Å². The first-order valence-corrected chi connectivity index (χ1v) is 8.54. The minimum atomic E-state index is -0.675. The third-order valence-electron chi connectivity index (χ3n) is 3.72. The van der Waals surface area contributed by atoms with Crippen LogP contribution in [-0.2, 0) is 14.3 Å². The van der Waals surface area contributed by atoms with Crippen LogP contribution in [0.1, 0.15) is 89.9 Å². The lowest BCUT2D eigenvalue weighted by molar-refractivity contribution is -0.137. The standard InChI is InChI=1S/C17H32O4/c18-16-21-15-13-11-9-7-5-3-1-2-4-6-8-10-12-14-17(19)20/h16H,1-15H2,(H,19,20). The van der Waals surface area contributed by atoms with Crippen LogP contribution in [-0.4, -0.2) is 24.2 Å². The molecule has 0 heterocycles. The summed E-state index contributed by atoms with van der Waals surface area (Å²) in [6.45, 7) is 1.09. The van der Waals surface area contributed by atoms with Gasteiger partial charge in [-0.05, 0) is 12.8 Å². The van der Waals surface area contributed by atoms with Crippen LogP contribution in [0.3, 0.4) is 0 Å². The number of carboxylic acids is 1. The van der Waals surface area contributed by atoms with Crippen LogP contribution in [0.25, 0.3) is 0 Å². The summed E-state index contributed by atoms with van der Waals surface area (Å²) in [6, 6.07) is 0. The van der Waals surface area contributed by atoms with Gasteiger partial charge in [-0.25, -0.2) is 0 Å². The second-order valence-corrected chi connectivity index (χ2v) is 5.71. The van der Waals surface area contributed by atoms with Gasteiger partial charge in [-0.1, -0.05) is 70.6 Å². The fourth-order valence-electron chi connectivity index (χ4n) is 2.45. The molecule has 0 rings (SSSR count). The molecule has 124 valence electrons. The van der Waals surface area contributed by atoms with Crippen LogP contribution >= 0.6 is 0 Å².